The average Bonchev–Trinajstić information content (AvgIpc) is 3.13. The third-order valence-electron chi connectivity index (χ3n) is 3.72. The number of rotatable bonds is 6. The van der Waals surface area contributed by atoms with Crippen molar-refractivity contribution in [2.75, 3.05) is 4.31 Å². The maximum absolute atomic E-state index is 13.3. The number of hydrogen-bond donors (Lipinski definition) is 0. The highest BCUT2D eigenvalue weighted by Crippen LogP contribution is 2.32. The molecule has 0 radical (unpaired) electrons. The van der Waals surface area contributed by atoms with Crippen LogP contribution < -0.4 is 4.31 Å². The summed E-state index contributed by atoms with van der Waals surface area (Å²) < 4.78 is 32.9. The van der Waals surface area contributed by atoms with Gasteiger partial charge in [-0.2, -0.15) is 0 Å². The number of aryl methyl sites for hydroxylation is 1. The molecule has 0 aliphatic carbocycles. The Morgan fingerprint density at radius 3 is 2.58 bits per heavy atom. The predicted molar refractivity (Wildman–Crippen MR) is 94.1 cm³/mol. The van der Waals surface area contributed by atoms with Gasteiger partial charge in [0.25, 0.3) is 15.7 Å². The molecule has 9 heteroatoms. The second-order valence-electron chi connectivity index (χ2n) is 5.46. The van der Waals surface area contributed by atoms with Crippen molar-refractivity contribution in [3.05, 3.63) is 82.4 Å². The minimum absolute atomic E-state index is 0.140. The van der Waals surface area contributed by atoms with Gasteiger partial charge >= 0.3 is 0 Å². The first-order valence-corrected chi connectivity index (χ1v) is 9.05. The summed E-state index contributed by atoms with van der Waals surface area (Å²) in [6.07, 6.45) is 2.88. The minimum atomic E-state index is -4.27. The van der Waals surface area contributed by atoms with Crippen molar-refractivity contribution < 1.29 is 17.8 Å². The molecule has 2 aromatic heterocycles. The molecule has 0 bridgehead atoms. The number of nitro benzene ring substituents is 1. The zero-order valence-electron chi connectivity index (χ0n) is 13.8. The molecule has 0 aliphatic heterocycles. The van der Waals surface area contributed by atoms with Crippen molar-refractivity contribution in [3.8, 4) is 0 Å². The molecule has 0 amide bonds. The Balaban J connectivity index is 2.19. The van der Waals surface area contributed by atoms with Gasteiger partial charge in [-0.15, -0.1) is 0 Å². The van der Waals surface area contributed by atoms with Gasteiger partial charge in [-0.1, -0.05) is 18.2 Å². The number of aromatic nitrogens is 1. The first-order chi connectivity index (χ1) is 12.4. The number of anilines is 1. The molecule has 0 saturated carbocycles. The smallest absolute Gasteiger partial charge is 0.290 e. The van der Waals surface area contributed by atoms with Crippen molar-refractivity contribution in [2.45, 2.75) is 18.4 Å². The molecule has 3 rings (SSSR count). The molecular weight excluding hydrogens is 358 g/mol. The van der Waals surface area contributed by atoms with Gasteiger partial charge in [-0.3, -0.25) is 10.1 Å². The van der Waals surface area contributed by atoms with Gasteiger partial charge in [0.2, 0.25) is 0 Å². The first kappa shape index (κ1) is 17.6. The Morgan fingerprint density at radius 1 is 1.15 bits per heavy atom. The lowest BCUT2D eigenvalue weighted by Gasteiger charge is -2.23. The molecule has 0 aliphatic rings. The quantitative estimate of drug-likeness (QED) is 0.485. The van der Waals surface area contributed by atoms with Crippen LogP contribution in [-0.2, 0) is 16.6 Å². The van der Waals surface area contributed by atoms with E-state index < -0.39 is 20.6 Å². The highest BCUT2D eigenvalue weighted by Gasteiger charge is 2.34. The van der Waals surface area contributed by atoms with Gasteiger partial charge in [0.1, 0.15) is 11.6 Å². The van der Waals surface area contributed by atoms with Crippen LogP contribution in [0.5, 0.6) is 0 Å². The van der Waals surface area contributed by atoms with Gasteiger partial charge in [-0.05, 0) is 36.8 Å². The average molecular weight is 373 g/mol. The van der Waals surface area contributed by atoms with E-state index >= 15 is 0 Å². The maximum Gasteiger partial charge on any atom is 0.290 e. The summed E-state index contributed by atoms with van der Waals surface area (Å²) in [7, 11) is -4.27. The van der Waals surface area contributed by atoms with Crippen LogP contribution in [0, 0.1) is 17.0 Å². The molecule has 26 heavy (non-hydrogen) atoms. The molecule has 0 fully saturated rings. The predicted octanol–water partition coefficient (Wildman–Crippen LogP) is 3.29. The van der Waals surface area contributed by atoms with Crippen molar-refractivity contribution in [1.29, 1.82) is 0 Å². The summed E-state index contributed by atoms with van der Waals surface area (Å²) in [5.41, 5.74) is -0.204. The second kappa shape index (κ2) is 6.96. The number of nitro groups is 1. The molecule has 0 unspecified atom stereocenters. The van der Waals surface area contributed by atoms with Gasteiger partial charge < -0.3 is 4.42 Å². The van der Waals surface area contributed by atoms with Crippen molar-refractivity contribution in [3.63, 3.8) is 0 Å². The van der Waals surface area contributed by atoms with Crippen LogP contribution in [0.2, 0.25) is 0 Å². The van der Waals surface area contributed by atoms with Crippen LogP contribution in [0.4, 0.5) is 11.5 Å². The summed E-state index contributed by atoms with van der Waals surface area (Å²) in [6, 6.07) is 12.2. The van der Waals surface area contributed by atoms with Crippen LogP contribution in [0.25, 0.3) is 0 Å². The largest absolute Gasteiger partial charge is 0.467 e. The van der Waals surface area contributed by atoms with Crippen molar-refractivity contribution in [2.24, 2.45) is 0 Å². The third-order valence-corrected chi connectivity index (χ3v) is 5.66. The highest BCUT2D eigenvalue weighted by atomic mass is 32.2. The van der Waals surface area contributed by atoms with E-state index in [0.29, 0.717) is 5.76 Å². The zero-order chi connectivity index (χ0) is 18.7. The lowest BCUT2D eigenvalue weighted by Crippen LogP contribution is -2.32. The summed E-state index contributed by atoms with van der Waals surface area (Å²) in [6.45, 7) is 1.38. The lowest BCUT2D eigenvalue weighted by atomic mass is 10.2. The molecule has 1 aromatic carbocycles. The van der Waals surface area contributed by atoms with Crippen LogP contribution in [0.1, 0.15) is 11.3 Å². The SMILES string of the molecule is Cc1cccc([N+](=O)[O-])c1S(=O)(=O)N(Cc1ccco1)c1ccccn1. The highest BCUT2D eigenvalue weighted by molar-refractivity contribution is 7.93. The molecule has 3 aromatic rings. The Labute approximate surface area is 149 Å². The molecule has 2 heterocycles. The van der Waals surface area contributed by atoms with Crippen LogP contribution in [0.15, 0.2) is 70.3 Å². The Hall–Kier alpha value is -3.20. The zero-order valence-corrected chi connectivity index (χ0v) is 14.6. The van der Waals surface area contributed by atoms with Gasteiger partial charge in [0.15, 0.2) is 4.90 Å². The van der Waals surface area contributed by atoms with Gasteiger partial charge in [0.05, 0.1) is 17.7 Å². The van der Waals surface area contributed by atoms with E-state index in [0.717, 1.165) is 4.31 Å². The molecule has 8 nitrogen and oxygen atoms in total. The third kappa shape index (κ3) is 3.29. The number of pyridine rings is 1. The summed E-state index contributed by atoms with van der Waals surface area (Å²) in [5, 5.41) is 11.4. The minimum Gasteiger partial charge on any atom is -0.467 e. The Bertz CT molecular complexity index is 1020. The molecule has 0 saturated heterocycles. The summed E-state index contributed by atoms with van der Waals surface area (Å²) in [5.74, 6) is 0.525. The first-order valence-electron chi connectivity index (χ1n) is 7.61. The van der Waals surface area contributed by atoms with Gasteiger partial charge in [-0.25, -0.2) is 17.7 Å². The van der Waals surface area contributed by atoms with Crippen molar-refractivity contribution in [1.82, 2.24) is 4.98 Å². The van der Waals surface area contributed by atoms with E-state index in [-0.39, 0.29) is 22.8 Å². The Morgan fingerprint density at radius 2 is 1.96 bits per heavy atom. The molecule has 0 N–H and O–H groups in total. The standard InChI is InChI=1S/C17H15N3O5S/c1-13-6-4-8-15(20(21)22)17(13)26(23,24)19(12-14-7-5-11-25-14)16-9-2-3-10-18-16/h2-11H,12H2,1H3. The number of hydrogen-bond acceptors (Lipinski definition) is 6. The number of benzene rings is 1. The van der Waals surface area contributed by atoms with E-state index in [4.69, 9.17) is 4.42 Å². The van der Waals surface area contributed by atoms with E-state index in [1.165, 1.54) is 43.6 Å². The Kier molecular flexibility index (Phi) is 4.72. The molecule has 0 atom stereocenters. The number of sulfonamides is 1. The second-order valence-corrected chi connectivity index (χ2v) is 7.26. The monoisotopic (exact) mass is 373 g/mol. The fourth-order valence-corrected chi connectivity index (χ4v) is 4.31. The fourth-order valence-electron chi connectivity index (χ4n) is 2.56. The number of nitrogens with zero attached hydrogens (tertiary/aromatic N) is 3. The maximum atomic E-state index is 13.3. The fraction of sp³-hybridized carbons (Fsp3) is 0.118. The summed E-state index contributed by atoms with van der Waals surface area (Å²) >= 11 is 0. The molecule has 0 spiro atoms. The normalized spacial score (nSPS) is 11.3. The van der Waals surface area contributed by atoms with E-state index in [1.54, 1.807) is 24.3 Å². The van der Waals surface area contributed by atoms with Crippen LogP contribution in [-0.4, -0.2) is 18.3 Å². The topological polar surface area (TPSA) is 107 Å². The van der Waals surface area contributed by atoms with E-state index in [2.05, 4.69) is 4.98 Å². The van der Waals surface area contributed by atoms with E-state index in [9.17, 15) is 18.5 Å². The van der Waals surface area contributed by atoms with Crippen LogP contribution in [0.3, 0.4) is 0 Å². The lowest BCUT2D eigenvalue weighted by molar-refractivity contribution is -0.387. The van der Waals surface area contributed by atoms with Gasteiger partial charge in [0, 0.05) is 12.3 Å². The summed E-state index contributed by atoms with van der Waals surface area (Å²) in [4.78, 5) is 14.4. The van der Waals surface area contributed by atoms with Crippen LogP contribution >= 0.6 is 0 Å². The molecule has 134 valence electrons. The number of furan rings is 1. The molecular formula is C17H15N3O5S. The van der Waals surface area contributed by atoms with E-state index in [1.807, 2.05) is 0 Å². The van der Waals surface area contributed by atoms with Crippen molar-refractivity contribution >= 4 is 21.5 Å².